The monoisotopic (exact) mass is 315 g/mol. The number of anilines is 1. The molecule has 0 aromatic heterocycles. The first-order valence-electron chi connectivity index (χ1n) is 6.58. The number of halogens is 2. The molecule has 1 aliphatic heterocycles. The summed E-state index contributed by atoms with van der Waals surface area (Å²) in [4.78, 5) is 25.1. The topological polar surface area (TPSA) is 61.4 Å². The van der Waals surface area contributed by atoms with Gasteiger partial charge in [0.15, 0.2) is 0 Å². The Balaban J connectivity index is 0.00000220. The molecule has 1 heterocycles. The van der Waals surface area contributed by atoms with Crippen LogP contribution >= 0.6 is 12.4 Å². The molecule has 1 atom stereocenters. The largest absolute Gasteiger partial charge is 0.333 e. The molecule has 116 valence electrons. The van der Waals surface area contributed by atoms with Crippen LogP contribution in [0.1, 0.15) is 24.2 Å². The first-order chi connectivity index (χ1) is 9.49. The fourth-order valence-corrected chi connectivity index (χ4v) is 2.27. The van der Waals surface area contributed by atoms with E-state index in [1.54, 1.807) is 4.90 Å². The van der Waals surface area contributed by atoms with Gasteiger partial charge in [0.1, 0.15) is 5.82 Å². The summed E-state index contributed by atoms with van der Waals surface area (Å²) < 4.78 is 13.9. The highest BCUT2D eigenvalue weighted by Crippen LogP contribution is 2.18. The van der Waals surface area contributed by atoms with Crippen molar-refractivity contribution in [3.63, 3.8) is 0 Å². The van der Waals surface area contributed by atoms with E-state index in [0.29, 0.717) is 25.3 Å². The fraction of sp³-hybridized carbons (Fsp3) is 0.429. The van der Waals surface area contributed by atoms with Crippen LogP contribution in [0.25, 0.3) is 0 Å². The SMILES string of the molecule is CC(=O)Nc1ccc(F)c(C(=O)N2CCNCC2C)c1.Cl. The lowest BCUT2D eigenvalue weighted by atomic mass is 10.1. The van der Waals surface area contributed by atoms with Crippen LogP contribution in [0.5, 0.6) is 0 Å². The zero-order chi connectivity index (χ0) is 14.7. The summed E-state index contributed by atoms with van der Waals surface area (Å²) in [6.07, 6.45) is 0. The van der Waals surface area contributed by atoms with Crippen molar-refractivity contribution in [1.82, 2.24) is 10.2 Å². The summed E-state index contributed by atoms with van der Waals surface area (Å²) in [5.41, 5.74) is 0.412. The summed E-state index contributed by atoms with van der Waals surface area (Å²) >= 11 is 0. The number of hydrogen-bond acceptors (Lipinski definition) is 3. The fourth-order valence-electron chi connectivity index (χ4n) is 2.27. The zero-order valence-corrected chi connectivity index (χ0v) is 12.8. The minimum Gasteiger partial charge on any atom is -0.333 e. The Morgan fingerprint density at radius 2 is 2.14 bits per heavy atom. The Morgan fingerprint density at radius 1 is 1.43 bits per heavy atom. The summed E-state index contributed by atoms with van der Waals surface area (Å²) in [5.74, 6) is -1.18. The molecule has 7 heteroatoms. The van der Waals surface area contributed by atoms with Crippen molar-refractivity contribution in [2.24, 2.45) is 0 Å². The van der Waals surface area contributed by atoms with E-state index in [1.165, 1.54) is 25.1 Å². The number of nitrogens with one attached hydrogen (secondary N) is 2. The maximum atomic E-state index is 13.9. The van der Waals surface area contributed by atoms with Gasteiger partial charge in [0.25, 0.3) is 5.91 Å². The third-order valence-electron chi connectivity index (χ3n) is 3.28. The second-order valence-electron chi connectivity index (χ2n) is 4.93. The molecule has 0 spiro atoms. The summed E-state index contributed by atoms with van der Waals surface area (Å²) in [5, 5.41) is 5.73. The predicted molar refractivity (Wildman–Crippen MR) is 81.3 cm³/mol. The summed E-state index contributed by atoms with van der Waals surface area (Å²) in [6, 6.07) is 4.04. The number of carbonyl (C=O) groups is 2. The van der Waals surface area contributed by atoms with E-state index in [2.05, 4.69) is 10.6 Å². The van der Waals surface area contributed by atoms with Gasteiger partial charge in [-0.2, -0.15) is 0 Å². The minimum atomic E-state index is -0.574. The molecule has 2 rings (SSSR count). The molecule has 5 nitrogen and oxygen atoms in total. The number of nitrogens with zero attached hydrogens (tertiary/aromatic N) is 1. The quantitative estimate of drug-likeness (QED) is 0.872. The van der Waals surface area contributed by atoms with Crippen molar-refractivity contribution < 1.29 is 14.0 Å². The maximum Gasteiger partial charge on any atom is 0.257 e. The Hall–Kier alpha value is -1.66. The van der Waals surface area contributed by atoms with Crippen molar-refractivity contribution >= 4 is 29.9 Å². The van der Waals surface area contributed by atoms with Crippen LogP contribution in [0, 0.1) is 5.82 Å². The van der Waals surface area contributed by atoms with Crippen molar-refractivity contribution in [1.29, 1.82) is 0 Å². The first kappa shape index (κ1) is 17.4. The molecule has 1 saturated heterocycles. The van der Waals surface area contributed by atoms with Crippen LogP contribution in [0.2, 0.25) is 0 Å². The van der Waals surface area contributed by atoms with Crippen LogP contribution < -0.4 is 10.6 Å². The lowest BCUT2D eigenvalue weighted by Crippen LogP contribution is -2.52. The van der Waals surface area contributed by atoms with E-state index in [9.17, 15) is 14.0 Å². The van der Waals surface area contributed by atoms with Crippen LogP contribution in [0.3, 0.4) is 0 Å². The van der Waals surface area contributed by atoms with Crippen LogP contribution in [-0.2, 0) is 4.79 Å². The van der Waals surface area contributed by atoms with Gasteiger partial charge in [-0.05, 0) is 25.1 Å². The molecule has 2 amide bonds. The smallest absolute Gasteiger partial charge is 0.257 e. The van der Waals surface area contributed by atoms with Gasteiger partial charge in [0, 0.05) is 38.3 Å². The van der Waals surface area contributed by atoms with E-state index in [0.717, 1.165) is 0 Å². The lowest BCUT2D eigenvalue weighted by molar-refractivity contribution is -0.114. The van der Waals surface area contributed by atoms with Gasteiger partial charge in [-0.25, -0.2) is 4.39 Å². The van der Waals surface area contributed by atoms with Gasteiger partial charge >= 0.3 is 0 Å². The molecule has 1 fully saturated rings. The Kier molecular flexibility index (Phi) is 6.11. The normalized spacial score (nSPS) is 17.9. The van der Waals surface area contributed by atoms with E-state index < -0.39 is 5.82 Å². The van der Waals surface area contributed by atoms with Crippen molar-refractivity contribution in [3.05, 3.63) is 29.6 Å². The molecular weight excluding hydrogens is 297 g/mol. The van der Waals surface area contributed by atoms with Gasteiger partial charge in [-0.15, -0.1) is 12.4 Å². The number of benzene rings is 1. The molecular formula is C14H19ClFN3O2. The van der Waals surface area contributed by atoms with E-state index in [4.69, 9.17) is 0 Å². The van der Waals surface area contributed by atoms with E-state index in [1.807, 2.05) is 6.92 Å². The molecule has 1 aromatic rings. The average Bonchev–Trinajstić information content (AvgIpc) is 2.40. The van der Waals surface area contributed by atoms with Crippen LogP contribution in [-0.4, -0.2) is 42.4 Å². The number of amides is 2. The molecule has 0 radical (unpaired) electrons. The molecule has 1 aromatic carbocycles. The van der Waals surface area contributed by atoms with Gasteiger partial charge in [-0.1, -0.05) is 0 Å². The summed E-state index contributed by atoms with van der Waals surface area (Å²) in [7, 11) is 0. The predicted octanol–water partition coefficient (Wildman–Crippen LogP) is 1.64. The molecule has 0 saturated carbocycles. The summed E-state index contributed by atoms with van der Waals surface area (Å²) in [6.45, 7) is 5.22. The zero-order valence-electron chi connectivity index (χ0n) is 12.0. The van der Waals surface area contributed by atoms with Crippen LogP contribution in [0.15, 0.2) is 18.2 Å². The van der Waals surface area contributed by atoms with Gasteiger partial charge in [0.05, 0.1) is 5.56 Å². The number of carbonyl (C=O) groups excluding carboxylic acids is 2. The second kappa shape index (κ2) is 7.38. The first-order valence-corrected chi connectivity index (χ1v) is 6.58. The third kappa shape index (κ3) is 4.15. The highest BCUT2D eigenvalue weighted by Gasteiger charge is 2.26. The van der Waals surface area contributed by atoms with Crippen molar-refractivity contribution in [2.75, 3.05) is 25.0 Å². The molecule has 1 unspecified atom stereocenters. The highest BCUT2D eigenvalue weighted by molar-refractivity contribution is 5.97. The Bertz CT molecular complexity index is 539. The maximum absolute atomic E-state index is 13.9. The van der Waals surface area contributed by atoms with Crippen molar-refractivity contribution in [2.45, 2.75) is 19.9 Å². The third-order valence-corrected chi connectivity index (χ3v) is 3.28. The molecule has 0 aliphatic carbocycles. The average molecular weight is 316 g/mol. The van der Waals surface area contributed by atoms with Crippen molar-refractivity contribution in [3.8, 4) is 0 Å². The molecule has 2 N–H and O–H groups in total. The number of hydrogen-bond donors (Lipinski definition) is 2. The molecule has 0 bridgehead atoms. The lowest BCUT2D eigenvalue weighted by Gasteiger charge is -2.34. The molecule has 21 heavy (non-hydrogen) atoms. The number of rotatable bonds is 2. The molecule has 1 aliphatic rings. The Morgan fingerprint density at radius 3 is 2.76 bits per heavy atom. The van der Waals surface area contributed by atoms with E-state index in [-0.39, 0.29) is 35.8 Å². The van der Waals surface area contributed by atoms with Gasteiger partial charge < -0.3 is 15.5 Å². The van der Waals surface area contributed by atoms with Gasteiger partial charge in [0.2, 0.25) is 5.91 Å². The Labute approximate surface area is 129 Å². The minimum absolute atomic E-state index is 0. The highest BCUT2D eigenvalue weighted by atomic mass is 35.5. The van der Waals surface area contributed by atoms with Gasteiger partial charge in [-0.3, -0.25) is 9.59 Å². The second-order valence-corrected chi connectivity index (χ2v) is 4.93. The van der Waals surface area contributed by atoms with Crippen LogP contribution in [0.4, 0.5) is 10.1 Å². The standard InChI is InChI=1S/C14H18FN3O2.ClH/c1-9-8-16-5-6-18(9)14(20)12-7-11(17-10(2)19)3-4-13(12)15;/h3-4,7,9,16H,5-6,8H2,1-2H3,(H,17,19);1H. The van der Waals surface area contributed by atoms with E-state index >= 15 is 0 Å². The number of piperazine rings is 1.